The number of likely N-dealkylation sites (N-methyl/N-ethyl adjacent to an activating group) is 1. The third-order valence-electron chi connectivity index (χ3n) is 4.66. The fraction of sp³-hybridized carbons (Fsp3) is 0.273. The number of rotatable bonds is 10. The van der Waals surface area contributed by atoms with Crippen molar-refractivity contribution in [1.29, 1.82) is 0 Å². The predicted molar refractivity (Wildman–Crippen MR) is 124 cm³/mol. The third kappa shape index (κ3) is 6.15. The van der Waals surface area contributed by atoms with Crippen molar-refractivity contribution in [3.63, 3.8) is 0 Å². The number of methoxy groups -OCH3 is 2. The van der Waals surface area contributed by atoms with Crippen molar-refractivity contribution in [1.82, 2.24) is 19.6 Å². The van der Waals surface area contributed by atoms with Gasteiger partial charge in [-0.05, 0) is 50.5 Å². The summed E-state index contributed by atoms with van der Waals surface area (Å²) < 4.78 is 52.2. The van der Waals surface area contributed by atoms with E-state index in [2.05, 4.69) is 20.0 Å². The van der Waals surface area contributed by atoms with Crippen molar-refractivity contribution >= 4 is 21.7 Å². The lowest BCUT2D eigenvalue weighted by molar-refractivity contribution is 0.386. The summed E-state index contributed by atoms with van der Waals surface area (Å²) in [6, 6.07) is 10.8. The number of sulfonamides is 1. The van der Waals surface area contributed by atoms with Crippen molar-refractivity contribution in [2.75, 3.05) is 46.7 Å². The second-order valence-corrected chi connectivity index (χ2v) is 9.04. The van der Waals surface area contributed by atoms with Crippen molar-refractivity contribution in [2.45, 2.75) is 4.90 Å². The van der Waals surface area contributed by atoms with Gasteiger partial charge in [0.25, 0.3) is 0 Å². The Labute approximate surface area is 192 Å². The molecular weight excluding hydrogens is 449 g/mol. The average molecular weight is 476 g/mol. The van der Waals surface area contributed by atoms with Gasteiger partial charge in [-0.15, -0.1) is 0 Å². The maximum atomic E-state index is 14.1. The number of halogens is 1. The Hall–Kier alpha value is -3.28. The van der Waals surface area contributed by atoms with Crippen molar-refractivity contribution < 1.29 is 22.3 Å². The molecule has 0 bridgehead atoms. The van der Waals surface area contributed by atoms with E-state index in [4.69, 9.17) is 9.47 Å². The Morgan fingerprint density at radius 1 is 1.03 bits per heavy atom. The van der Waals surface area contributed by atoms with E-state index in [0.29, 0.717) is 23.5 Å². The van der Waals surface area contributed by atoms with Gasteiger partial charge in [-0.1, -0.05) is 0 Å². The van der Waals surface area contributed by atoms with Crippen molar-refractivity contribution in [3.8, 4) is 22.8 Å². The Morgan fingerprint density at radius 2 is 1.79 bits per heavy atom. The molecule has 2 aromatic carbocycles. The molecule has 11 heteroatoms. The number of nitrogens with zero attached hydrogens (tertiary/aromatic N) is 3. The second kappa shape index (κ2) is 10.6. The fourth-order valence-electron chi connectivity index (χ4n) is 2.98. The molecule has 9 nitrogen and oxygen atoms in total. The molecule has 2 N–H and O–H groups in total. The first kappa shape index (κ1) is 24.4. The zero-order valence-electron chi connectivity index (χ0n) is 18.8. The number of hydrogen-bond donors (Lipinski definition) is 2. The highest BCUT2D eigenvalue weighted by Crippen LogP contribution is 2.29. The number of aromatic nitrogens is 2. The largest absolute Gasteiger partial charge is 0.495 e. The number of nitrogens with one attached hydrogen (secondary N) is 2. The standard InChI is InChI=1S/C22H26FN5O4S/c1-28(2)12-11-25-33(29,30)21-8-6-16(14-20(21)32-4)26-22-24-10-9-18(27-22)15-5-7-19(31-3)17(23)13-15/h5-10,13-14,25H,11-12H2,1-4H3,(H,24,26,27). The normalized spacial score (nSPS) is 11.5. The Bertz CT molecular complexity index is 1220. The molecule has 0 spiro atoms. The van der Waals surface area contributed by atoms with E-state index >= 15 is 0 Å². The topological polar surface area (TPSA) is 106 Å². The molecule has 0 fully saturated rings. The molecule has 0 atom stereocenters. The fourth-order valence-corrected chi connectivity index (χ4v) is 4.15. The van der Waals surface area contributed by atoms with Crippen LogP contribution in [-0.4, -0.2) is 64.7 Å². The molecule has 0 unspecified atom stereocenters. The van der Waals surface area contributed by atoms with Crippen LogP contribution in [0, 0.1) is 5.82 Å². The van der Waals surface area contributed by atoms with Crippen molar-refractivity contribution in [2.24, 2.45) is 0 Å². The molecule has 0 aliphatic rings. The van der Waals surface area contributed by atoms with Crippen LogP contribution < -0.4 is 19.5 Å². The summed E-state index contributed by atoms with van der Waals surface area (Å²) in [6.07, 6.45) is 1.54. The van der Waals surface area contributed by atoms with E-state index in [9.17, 15) is 12.8 Å². The van der Waals surface area contributed by atoms with E-state index in [0.717, 1.165) is 0 Å². The highest BCUT2D eigenvalue weighted by molar-refractivity contribution is 7.89. The maximum absolute atomic E-state index is 14.1. The lowest BCUT2D eigenvalue weighted by Gasteiger charge is -2.14. The number of anilines is 2. The molecule has 3 rings (SSSR count). The Balaban J connectivity index is 1.81. The van der Waals surface area contributed by atoms with Crippen LogP contribution in [0.4, 0.5) is 16.0 Å². The lowest BCUT2D eigenvalue weighted by Crippen LogP contribution is -2.31. The minimum Gasteiger partial charge on any atom is -0.495 e. The SMILES string of the molecule is COc1ccc(-c2ccnc(Nc3ccc(S(=O)(=O)NCCN(C)C)c(OC)c3)n2)cc1F. The number of hydrogen-bond acceptors (Lipinski definition) is 8. The molecule has 0 saturated heterocycles. The predicted octanol–water partition coefficient (Wildman–Crippen LogP) is 2.88. The molecule has 0 amide bonds. The molecule has 176 valence electrons. The van der Waals surface area contributed by atoms with Gasteiger partial charge in [0.1, 0.15) is 10.6 Å². The minimum absolute atomic E-state index is 0.0256. The Morgan fingerprint density at radius 3 is 2.45 bits per heavy atom. The van der Waals surface area contributed by atoms with Crippen LogP contribution in [0.2, 0.25) is 0 Å². The second-order valence-electron chi connectivity index (χ2n) is 7.31. The molecular formula is C22H26FN5O4S. The Kier molecular flexibility index (Phi) is 7.79. The molecule has 1 heterocycles. The van der Waals surface area contributed by atoms with E-state index < -0.39 is 15.8 Å². The van der Waals surface area contributed by atoms with Crippen LogP contribution in [0.3, 0.4) is 0 Å². The molecule has 0 aliphatic carbocycles. The first-order chi connectivity index (χ1) is 15.7. The first-order valence-corrected chi connectivity index (χ1v) is 11.5. The summed E-state index contributed by atoms with van der Waals surface area (Å²) in [5.74, 6) is 0.0737. The molecule has 0 saturated carbocycles. The van der Waals surface area contributed by atoms with Gasteiger partial charge < -0.3 is 19.7 Å². The van der Waals surface area contributed by atoms with Crippen LogP contribution in [0.5, 0.6) is 11.5 Å². The molecule has 1 aromatic heterocycles. The molecule has 0 aliphatic heterocycles. The van der Waals surface area contributed by atoms with Gasteiger partial charge in [0, 0.05) is 36.6 Å². The van der Waals surface area contributed by atoms with Gasteiger partial charge in [-0.2, -0.15) is 0 Å². The third-order valence-corrected chi connectivity index (χ3v) is 6.16. The van der Waals surface area contributed by atoms with Gasteiger partial charge in [0.05, 0.1) is 19.9 Å². The van der Waals surface area contributed by atoms with Crippen LogP contribution in [0.1, 0.15) is 0 Å². The monoisotopic (exact) mass is 475 g/mol. The summed E-state index contributed by atoms with van der Waals surface area (Å²) in [6.45, 7) is 0.831. The van der Waals surface area contributed by atoms with Gasteiger partial charge in [-0.25, -0.2) is 27.5 Å². The highest BCUT2D eigenvalue weighted by atomic mass is 32.2. The summed E-state index contributed by atoms with van der Waals surface area (Å²) in [4.78, 5) is 10.5. The van der Waals surface area contributed by atoms with Gasteiger partial charge in [-0.3, -0.25) is 0 Å². The van der Waals surface area contributed by atoms with Crippen LogP contribution in [0.15, 0.2) is 53.6 Å². The smallest absolute Gasteiger partial charge is 0.244 e. The van der Waals surface area contributed by atoms with Crippen molar-refractivity contribution in [3.05, 3.63) is 54.5 Å². The highest BCUT2D eigenvalue weighted by Gasteiger charge is 2.20. The summed E-state index contributed by atoms with van der Waals surface area (Å²) in [5.41, 5.74) is 1.59. The van der Waals surface area contributed by atoms with Crippen LogP contribution >= 0.6 is 0 Å². The van der Waals surface area contributed by atoms with Gasteiger partial charge in [0.15, 0.2) is 11.6 Å². The average Bonchev–Trinajstić information content (AvgIpc) is 2.78. The van der Waals surface area contributed by atoms with Gasteiger partial charge in [0.2, 0.25) is 16.0 Å². The lowest BCUT2D eigenvalue weighted by atomic mass is 10.1. The number of benzene rings is 2. The summed E-state index contributed by atoms with van der Waals surface area (Å²) in [7, 11) is 2.76. The van der Waals surface area contributed by atoms with E-state index in [1.54, 1.807) is 24.3 Å². The van der Waals surface area contributed by atoms with Crippen LogP contribution in [-0.2, 0) is 10.0 Å². The maximum Gasteiger partial charge on any atom is 0.244 e. The van der Waals surface area contributed by atoms with E-state index in [1.165, 1.54) is 38.6 Å². The van der Waals surface area contributed by atoms with Gasteiger partial charge >= 0.3 is 0 Å². The quantitative estimate of drug-likeness (QED) is 0.461. The summed E-state index contributed by atoms with van der Waals surface area (Å²) >= 11 is 0. The van der Waals surface area contributed by atoms with E-state index in [1.807, 2.05) is 19.0 Å². The van der Waals surface area contributed by atoms with Crippen LogP contribution in [0.25, 0.3) is 11.3 Å². The van der Waals surface area contributed by atoms with E-state index in [-0.39, 0.29) is 28.9 Å². The number of ether oxygens (including phenoxy) is 2. The zero-order chi connectivity index (χ0) is 24.0. The molecule has 33 heavy (non-hydrogen) atoms. The summed E-state index contributed by atoms with van der Waals surface area (Å²) in [5, 5.41) is 3.02. The minimum atomic E-state index is -3.75. The molecule has 0 radical (unpaired) electrons. The first-order valence-electron chi connectivity index (χ1n) is 10.00. The zero-order valence-corrected chi connectivity index (χ0v) is 19.6. The molecule has 3 aromatic rings.